The maximum Gasteiger partial charge on any atom is 0.278 e. The third-order valence-corrected chi connectivity index (χ3v) is 2.75. The summed E-state index contributed by atoms with van der Waals surface area (Å²) in [6.07, 6.45) is 2.89. The Labute approximate surface area is 111 Å². The highest BCUT2D eigenvalue weighted by Gasteiger charge is 2.12. The van der Waals surface area contributed by atoms with Crippen molar-refractivity contribution in [2.45, 2.75) is 19.8 Å². The lowest BCUT2D eigenvalue weighted by atomic mass is 10.0. The minimum atomic E-state index is -0.355. The molecule has 0 aliphatic heterocycles. The summed E-state index contributed by atoms with van der Waals surface area (Å²) >= 11 is 0. The summed E-state index contributed by atoms with van der Waals surface area (Å²) in [5.41, 5.74) is 7.64. The van der Waals surface area contributed by atoms with E-state index in [4.69, 9.17) is 5.73 Å². The number of nitrogens with zero attached hydrogens (tertiary/aromatic N) is 2. The zero-order valence-corrected chi connectivity index (χ0v) is 10.9. The Balaban J connectivity index is 2.20. The van der Waals surface area contributed by atoms with Gasteiger partial charge in [0.25, 0.3) is 5.91 Å². The highest BCUT2D eigenvalue weighted by molar-refractivity contribution is 6.05. The fraction of sp³-hybridized carbons (Fsp3) is 0.214. The van der Waals surface area contributed by atoms with Gasteiger partial charge in [0.15, 0.2) is 11.5 Å². The van der Waals surface area contributed by atoms with E-state index in [-0.39, 0.29) is 17.4 Å². The van der Waals surface area contributed by atoms with Gasteiger partial charge in [-0.25, -0.2) is 9.97 Å². The average Bonchev–Trinajstić information content (AvgIpc) is 2.39. The quantitative estimate of drug-likeness (QED) is 0.883. The molecule has 98 valence electrons. The number of hydrogen-bond donors (Lipinski definition) is 2. The molecule has 0 fully saturated rings. The molecule has 1 heterocycles. The zero-order chi connectivity index (χ0) is 13.8. The minimum Gasteiger partial charge on any atom is -0.382 e. The lowest BCUT2D eigenvalue weighted by Crippen LogP contribution is -2.16. The van der Waals surface area contributed by atoms with Crippen LogP contribution in [0.1, 0.15) is 35.8 Å². The number of nitrogen functional groups attached to an aromatic ring is 1. The molecule has 3 N–H and O–H groups in total. The molecule has 1 aromatic carbocycles. The second-order valence-corrected chi connectivity index (χ2v) is 4.52. The molecular weight excluding hydrogens is 240 g/mol. The van der Waals surface area contributed by atoms with Crippen LogP contribution in [0.25, 0.3) is 0 Å². The molecule has 5 nitrogen and oxygen atoms in total. The number of hydrogen-bond acceptors (Lipinski definition) is 4. The smallest absolute Gasteiger partial charge is 0.278 e. The number of carbonyl (C=O) groups is 1. The molecule has 2 rings (SSSR count). The lowest BCUT2D eigenvalue weighted by molar-refractivity contribution is 0.102. The molecule has 0 atom stereocenters. The second kappa shape index (κ2) is 5.48. The van der Waals surface area contributed by atoms with Gasteiger partial charge < -0.3 is 11.1 Å². The molecule has 0 unspecified atom stereocenters. The Bertz CT molecular complexity index is 596. The normalized spacial score (nSPS) is 10.5. The maximum atomic E-state index is 12.0. The summed E-state index contributed by atoms with van der Waals surface area (Å²) in [7, 11) is 0. The molecule has 0 spiro atoms. The fourth-order valence-electron chi connectivity index (χ4n) is 1.69. The standard InChI is InChI=1S/C14H16N4O/c1-9(2)10-4-3-5-11(8-10)18-14(19)12-13(15)17-7-6-16-12/h3-9H,1-2H3,(H2,15,17)(H,18,19). The van der Waals surface area contributed by atoms with Gasteiger partial charge in [0.1, 0.15) is 0 Å². The monoisotopic (exact) mass is 256 g/mol. The van der Waals surface area contributed by atoms with Crippen LogP contribution in [0.5, 0.6) is 0 Å². The van der Waals surface area contributed by atoms with E-state index in [1.54, 1.807) is 0 Å². The van der Waals surface area contributed by atoms with Crippen molar-refractivity contribution in [3.8, 4) is 0 Å². The van der Waals surface area contributed by atoms with Crippen LogP contribution in [0.2, 0.25) is 0 Å². The van der Waals surface area contributed by atoms with Crippen LogP contribution in [0.3, 0.4) is 0 Å². The van der Waals surface area contributed by atoms with E-state index in [0.29, 0.717) is 5.92 Å². The summed E-state index contributed by atoms with van der Waals surface area (Å²) in [6.45, 7) is 4.20. The van der Waals surface area contributed by atoms with E-state index in [9.17, 15) is 4.79 Å². The van der Waals surface area contributed by atoms with E-state index < -0.39 is 0 Å². The van der Waals surface area contributed by atoms with Crippen molar-refractivity contribution in [2.75, 3.05) is 11.1 Å². The number of amides is 1. The molecule has 0 bridgehead atoms. The van der Waals surface area contributed by atoms with Gasteiger partial charge in [0.2, 0.25) is 0 Å². The predicted molar refractivity (Wildman–Crippen MR) is 74.9 cm³/mol. The first-order valence-electron chi connectivity index (χ1n) is 6.05. The van der Waals surface area contributed by atoms with E-state index in [2.05, 4.69) is 29.1 Å². The minimum absolute atomic E-state index is 0.125. The number of anilines is 2. The first-order valence-corrected chi connectivity index (χ1v) is 6.05. The van der Waals surface area contributed by atoms with Crippen molar-refractivity contribution in [3.05, 3.63) is 47.9 Å². The van der Waals surface area contributed by atoms with Gasteiger partial charge in [-0.05, 0) is 23.6 Å². The van der Waals surface area contributed by atoms with Gasteiger partial charge in [-0.1, -0.05) is 26.0 Å². The van der Waals surface area contributed by atoms with Gasteiger partial charge in [-0.3, -0.25) is 4.79 Å². The summed E-state index contributed by atoms with van der Waals surface area (Å²) in [4.78, 5) is 19.8. The van der Waals surface area contributed by atoms with Crippen molar-refractivity contribution < 1.29 is 4.79 Å². The molecule has 0 radical (unpaired) electrons. The summed E-state index contributed by atoms with van der Waals surface area (Å²) in [6, 6.07) is 7.70. The van der Waals surface area contributed by atoms with Gasteiger partial charge in [-0.2, -0.15) is 0 Å². The molecule has 19 heavy (non-hydrogen) atoms. The molecular formula is C14H16N4O. The van der Waals surface area contributed by atoms with Crippen molar-refractivity contribution in [1.82, 2.24) is 9.97 Å². The Hall–Kier alpha value is -2.43. The zero-order valence-electron chi connectivity index (χ0n) is 10.9. The van der Waals surface area contributed by atoms with E-state index in [0.717, 1.165) is 11.3 Å². The van der Waals surface area contributed by atoms with Gasteiger partial charge in [0, 0.05) is 18.1 Å². The van der Waals surface area contributed by atoms with Gasteiger partial charge in [-0.15, -0.1) is 0 Å². The topological polar surface area (TPSA) is 80.9 Å². The summed E-state index contributed by atoms with van der Waals surface area (Å²) in [5, 5.41) is 2.77. The number of rotatable bonds is 3. The first-order chi connectivity index (χ1) is 9.08. The van der Waals surface area contributed by atoms with Crippen molar-refractivity contribution >= 4 is 17.4 Å². The number of nitrogens with two attached hydrogens (primary N) is 1. The van der Waals surface area contributed by atoms with E-state index in [1.807, 2.05) is 24.3 Å². The number of nitrogens with one attached hydrogen (secondary N) is 1. The van der Waals surface area contributed by atoms with Crippen molar-refractivity contribution in [1.29, 1.82) is 0 Å². The highest BCUT2D eigenvalue weighted by atomic mass is 16.1. The maximum absolute atomic E-state index is 12.0. The number of benzene rings is 1. The third kappa shape index (κ3) is 3.07. The average molecular weight is 256 g/mol. The van der Waals surface area contributed by atoms with Crippen LogP contribution in [0.15, 0.2) is 36.7 Å². The van der Waals surface area contributed by atoms with Gasteiger partial charge in [0.05, 0.1) is 0 Å². The molecule has 0 saturated heterocycles. The second-order valence-electron chi connectivity index (χ2n) is 4.52. The fourth-order valence-corrected chi connectivity index (χ4v) is 1.69. The Kier molecular flexibility index (Phi) is 3.75. The molecule has 1 aromatic heterocycles. The molecule has 2 aromatic rings. The molecule has 0 saturated carbocycles. The summed E-state index contributed by atoms with van der Waals surface area (Å²) < 4.78 is 0. The highest BCUT2D eigenvalue weighted by Crippen LogP contribution is 2.19. The molecule has 0 aliphatic rings. The Morgan fingerprint density at radius 3 is 2.68 bits per heavy atom. The van der Waals surface area contributed by atoms with E-state index >= 15 is 0 Å². The first kappa shape index (κ1) is 13.0. The Morgan fingerprint density at radius 2 is 2.00 bits per heavy atom. The predicted octanol–water partition coefficient (Wildman–Crippen LogP) is 2.43. The van der Waals surface area contributed by atoms with E-state index in [1.165, 1.54) is 12.4 Å². The number of aromatic nitrogens is 2. The van der Waals surface area contributed by atoms with Crippen LogP contribution in [-0.4, -0.2) is 15.9 Å². The molecule has 5 heteroatoms. The van der Waals surface area contributed by atoms with Crippen LogP contribution < -0.4 is 11.1 Å². The van der Waals surface area contributed by atoms with Crippen LogP contribution in [0, 0.1) is 0 Å². The third-order valence-electron chi connectivity index (χ3n) is 2.75. The molecule has 1 amide bonds. The summed E-state index contributed by atoms with van der Waals surface area (Å²) in [5.74, 6) is 0.171. The number of carbonyl (C=O) groups excluding carboxylic acids is 1. The Morgan fingerprint density at radius 1 is 1.26 bits per heavy atom. The van der Waals surface area contributed by atoms with Crippen molar-refractivity contribution in [2.24, 2.45) is 0 Å². The van der Waals surface area contributed by atoms with Crippen LogP contribution in [-0.2, 0) is 0 Å². The largest absolute Gasteiger partial charge is 0.382 e. The SMILES string of the molecule is CC(C)c1cccc(NC(=O)c2nccnc2N)c1. The van der Waals surface area contributed by atoms with Crippen molar-refractivity contribution in [3.63, 3.8) is 0 Å². The molecule has 0 aliphatic carbocycles. The lowest BCUT2D eigenvalue weighted by Gasteiger charge is -2.09. The van der Waals surface area contributed by atoms with Crippen LogP contribution >= 0.6 is 0 Å². The van der Waals surface area contributed by atoms with Gasteiger partial charge >= 0.3 is 0 Å². The van der Waals surface area contributed by atoms with Crippen LogP contribution in [0.4, 0.5) is 11.5 Å².